The number of carbonyl (C=O) groups is 2. The molecule has 2 aromatic carbocycles. The molecule has 2 aromatic rings. The Hall–Kier alpha value is -3.33. The Morgan fingerprint density at radius 2 is 2.00 bits per heavy atom. The zero-order valence-corrected chi connectivity index (χ0v) is 15.1. The highest BCUT2D eigenvalue weighted by Crippen LogP contribution is 2.23. The molecule has 6 heteroatoms. The molecule has 27 heavy (non-hydrogen) atoms. The summed E-state index contributed by atoms with van der Waals surface area (Å²) >= 11 is 0. The normalized spacial score (nSPS) is 11.2. The van der Waals surface area contributed by atoms with Gasteiger partial charge in [-0.3, -0.25) is 4.79 Å². The summed E-state index contributed by atoms with van der Waals surface area (Å²) in [7, 11) is 0. The van der Waals surface area contributed by atoms with Crippen molar-refractivity contribution in [3.63, 3.8) is 0 Å². The number of alkyl carbamates (subject to hydrolysis) is 1. The summed E-state index contributed by atoms with van der Waals surface area (Å²) in [5.41, 5.74) is 0.810. The first-order valence-corrected chi connectivity index (χ1v) is 8.80. The van der Waals surface area contributed by atoms with Crippen LogP contribution in [0.2, 0.25) is 0 Å². The monoisotopic (exact) mass is 365 g/mol. The Morgan fingerprint density at radius 3 is 2.74 bits per heavy atom. The molecular formula is C21H23N3O3. The molecule has 1 atom stereocenters. The molecule has 140 valence electrons. The zero-order valence-electron chi connectivity index (χ0n) is 15.1. The van der Waals surface area contributed by atoms with Gasteiger partial charge in [-0.15, -0.1) is 6.58 Å². The van der Waals surface area contributed by atoms with Crippen molar-refractivity contribution in [3.8, 4) is 6.07 Å². The van der Waals surface area contributed by atoms with Crippen molar-refractivity contribution in [2.75, 3.05) is 13.2 Å². The summed E-state index contributed by atoms with van der Waals surface area (Å²) in [5, 5.41) is 16.1. The number of nitriles is 1. The van der Waals surface area contributed by atoms with Gasteiger partial charge in [-0.2, -0.15) is 5.26 Å². The maximum atomic E-state index is 12.2. The van der Waals surface area contributed by atoms with Crippen molar-refractivity contribution in [3.05, 3.63) is 60.7 Å². The molecule has 0 aromatic heterocycles. The molecule has 2 rings (SSSR count). The molecule has 1 unspecified atom stereocenters. The highest BCUT2D eigenvalue weighted by atomic mass is 16.5. The van der Waals surface area contributed by atoms with Crippen LogP contribution in [-0.4, -0.2) is 25.2 Å². The predicted molar refractivity (Wildman–Crippen MR) is 104 cm³/mol. The summed E-state index contributed by atoms with van der Waals surface area (Å²) in [5.74, 6) is -0.241. The molecular weight excluding hydrogens is 342 g/mol. The van der Waals surface area contributed by atoms with Gasteiger partial charge in [0, 0.05) is 6.54 Å². The van der Waals surface area contributed by atoms with Crippen molar-refractivity contribution in [1.82, 2.24) is 10.6 Å². The SMILES string of the molecule is C=CCCOC(=O)NC(CC(=O)NCCC#N)c1ccc2ccccc2c1. The van der Waals surface area contributed by atoms with E-state index in [1.54, 1.807) is 6.08 Å². The number of benzene rings is 2. The minimum Gasteiger partial charge on any atom is -0.449 e. The number of nitrogens with one attached hydrogen (secondary N) is 2. The van der Waals surface area contributed by atoms with E-state index >= 15 is 0 Å². The van der Waals surface area contributed by atoms with Crippen LogP contribution in [0, 0.1) is 11.3 Å². The number of rotatable bonds is 9. The Labute approximate surface area is 158 Å². The first kappa shape index (κ1) is 20.0. The van der Waals surface area contributed by atoms with Gasteiger partial charge in [-0.1, -0.05) is 42.5 Å². The van der Waals surface area contributed by atoms with E-state index < -0.39 is 12.1 Å². The summed E-state index contributed by atoms with van der Waals surface area (Å²) in [6.45, 7) is 4.09. The average Bonchev–Trinajstić information content (AvgIpc) is 2.67. The van der Waals surface area contributed by atoms with Crippen LogP contribution >= 0.6 is 0 Å². The Morgan fingerprint density at radius 1 is 1.22 bits per heavy atom. The van der Waals surface area contributed by atoms with E-state index in [-0.39, 0.29) is 31.9 Å². The lowest BCUT2D eigenvalue weighted by molar-refractivity contribution is -0.121. The molecule has 0 bridgehead atoms. The average molecular weight is 365 g/mol. The van der Waals surface area contributed by atoms with Crippen LogP contribution in [0.5, 0.6) is 0 Å². The van der Waals surface area contributed by atoms with Crippen LogP contribution in [0.1, 0.15) is 30.9 Å². The third-order valence-electron chi connectivity index (χ3n) is 3.97. The summed E-state index contributed by atoms with van der Waals surface area (Å²) in [6.07, 6.45) is 1.93. The zero-order chi connectivity index (χ0) is 19.5. The number of fused-ring (bicyclic) bond motifs is 1. The van der Waals surface area contributed by atoms with Gasteiger partial charge in [-0.05, 0) is 28.8 Å². The molecule has 2 N–H and O–H groups in total. The lowest BCUT2D eigenvalue weighted by atomic mass is 9.99. The van der Waals surface area contributed by atoms with E-state index in [0.717, 1.165) is 16.3 Å². The minimum absolute atomic E-state index is 0.0559. The van der Waals surface area contributed by atoms with E-state index in [0.29, 0.717) is 6.42 Å². The maximum absolute atomic E-state index is 12.2. The van der Waals surface area contributed by atoms with Crippen molar-refractivity contribution >= 4 is 22.8 Å². The smallest absolute Gasteiger partial charge is 0.407 e. The molecule has 0 saturated heterocycles. The standard InChI is InChI=1S/C21H23N3O3/c1-2-3-13-27-21(26)24-19(15-20(25)23-12-6-11-22)18-10-9-16-7-4-5-8-17(16)14-18/h2,4-5,7-10,14,19H,1,3,6,12-13,15H2,(H,23,25)(H,24,26). The quantitative estimate of drug-likeness (QED) is 0.525. The number of carbonyl (C=O) groups excluding carboxylic acids is 2. The fourth-order valence-corrected chi connectivity index (χ4v) is 2.61. The highest BCUT2D eigenvalue weighted by Gasteiger charge is 2.19. The summed E-state index contributed by atoms with van der Waals surface area (Å²) < 4.78 is 5.11. The van der Waals surface area contributed by atoms with Gasteiger partial charge in [0.05, 0.1) is 31.6 Å². The molecule has 0 heterocycles. The Bertz CT molecular complexity index is 842. The minimum atomic E-state index is -0.583. The van der Waals surface area contributed by atoms with E-state index in [1.165, 1.54) is 0 Å². The summed E-state index contributed by atoms with van der Waals surface area (Å²) in [6, 6.07) is 15.1. The van der Waals surface area contributed by atoms with Gasteiger partial charge in [0.15, 0.2) is 0 Å². The third kappa shape index (κ3) is 6.48. The topological polar surface area (TPSA) is 91.2 Å². The number of amides is 2. The van der Waals surface area contributed by atoms with Crippen LogP contribution in [-0.2, 0) is 9.53 Å². The number of nitrogens with zero attached hydrogens (tertiary/aromatic N) is 1. The molecule has 0 radical (unpaired) electrons. The van der Waals surface area contributed by atoms with E-state index in [2.05, 4.69) is 17.2 Å². The maximum Gasteiger partial charge on any atom is 0.407 e. The number of hydrogen-bond acceptors (Lipinski definition) is 4. The Kier molecular flexibility index (Phi) is 7.86. The molecule has 0 aliphatic rings. The van der Waals surface area contributed by atoms with Crippen LogP contribution in [0.4, 0.5) is 4.79 Å². The molecule has 0 fully saturated rings. The van der Waals surface area contributed by atoms with Crippen molar-refractivity contribution in [2.45, 2.75) is 25.3 Å². The van der Waals surface area contributed by atoms with Gasteiger partial charge in [0.1, 0.15) is 0 Å². The van der Waals surface area contributed by atoms with E-state index in [4.69, 9.17) is 10.00 Å². The van der Waals surface area contributed by atoms with Crippen molar-refractivity contribution in [1.29, 1.82) is 5.26 Å². The van der Waals surface area contributed by atoms with Gasteiger partial charge >= 0.3 is 6.09 Å². The van der Waals surface area contributed by atoms with Crippen molar-refractivity contribution in [2.24, 2.45) is 0 Å². The van der Waals surface area contributed by atoms with Gasteiger partial charge < -0.3 is 15.4 Å². The first-order chi connectivity index (χ1) is 13.1. The Balaban J connectivity index is 2.13. The van der Waals surface area contributed by atoms with E-state index in [1.807, 2.05) is 48.5 Å². The lowest BCUT2D eigenvalue weighted by Crippen LogP contribution is -2.34. The van der Waals surface area contributed by atoms with Crippen LogP contribution in [0.3, 0.4) is 0 Å². The van der Waals surface area contributed by atoms with Crippen molar-refractivity contribution < 1.29 is 14.3 Å². The van der Waals surface area contributed by atoms with Gasteiger partial charge in [0.2, 0.25) is 5.91 Å². The first-order valence-electron chi connectivity index (χ1n) is 8.80. The summed E-state index contributed by atoms with van der Waals surface area (Å²) in [4.78, 5) is 24.2. The molecule has 0 aliphatic carbocycles. The fraction of sp³-hybridized carbons (Fsp3) is 0.286. The lowest BCUT2D eigenvalue weighted by Gasteiger charge is -2.19. The van der Waals surface area contributed by atoms with Gasteiger partial charge in [0.25, 0.3) is 0 Å². The molecule has 0 saturated carbocycles. The molecule has 0 spiro atoms. The van der Waals surface area contributed by atoms with Crippen LogP contribution in [0.15, 0.2) is 55.1 Å². The van der Waals surface area contributed by atoms with Crippen LogP contribution in [0.25, 0.3) is 10.8 Å². The third-order valence-corrected chi connectivity index (χ3v) is 3.97. The predicted octanol–water partition coefficient (Wildman–Crippen LogP) is 3.60. The molecule has 2 amide bonds. The van der Waals surface area contributed by atoms with E-state index in [9.17, 15) is 9.59 Å². The number of hydrogen-bond donors (Lipinski definition) is 2. The highest BCUT2D eigenvalue weighted by molar-refractivity contribution is 5.84. The second kappa shape index (κ2) is 10.6. The molecule has 6 nitrogen and oxygen atoms in total. The molecule has 0 aliphatic heterocycles. The number of ether oxygens (including phenoxy) is 1. The fourth-order valence-electron chi connectivity index (χ4n) is 2.61. The van der Waals surface area contributed by atoms with Crippen LogP contribution < -0.4 is 10.6 Å². The largest absolute Gasteiger partial charge is 0.449 e. The second-order valence-corrected chi connectivity index (χ2v) is 5.98. The second-order valence-electron chi connectivity index (χ2n) is 5.98. The van der Waals surface area contributed by atoms with Gasteiger partial charge in [-0.25, -0.2) is 4.79 Å².